The van der Waals surface area contributed by atoms with Gasteiger partial charge >= 0.3 is 0 Å². The average Bonchev–Trinajstić information content (AvgIpc) is 3.35. The van der Waals surface area contributed by atoms with Crippen LogP contribution in [0.1, 0.15) is 18.4 Å². The fourth-order valence-corrected chi connectivity index (χ4v) is 3.41. The molecule has 3 aromatic rings. The molecule has 2 N–H and O–H groups in total. The Morgan fingerprint density at radius 3 is 2.63 bits per heavy atom. The fraction of sp³-hybridized carbons (Fsp3) is 0.158. The molecule has 0 unspecified atom stereocenters. The van der Waals surface area contributed by atoms with Gasteiger partial charge in [-0.3, -0.25) is 4.99 Å². The molecule has 0 atom stereocenters. The van der Waals surface area contributed by atoms with E-state index in [0.29, 0.717) is 16.1 Å². The van der Waals surface area contributed by atoms with Crippen molar-refractivity contribution in [3.8, 4) is 22.8 Å². The number of phenolic OH excluding ortho intramolecular Hbond substituents is 2. The van der Waals surface area contributed by atoms with Crippen LogP contribution in [0.25, 0.3) is 11.3 Å². The van der Waals surface area contributed by atoms with Crippen LogP contribution in [-0.2, 0) is 0 Å². The summed E-state index contributed by atoms with van der Waals surface area (Å²) in [4.78, 5) is 5.21. The maximum absolute atomic E-state index is 13.9. The Balaban J connectivity index is 1.82. The number of aromatic hydroxyl groups is 2. The maximum Gasteiger partial charge on any atom is 0.206 e. The van der Waals surface area contributed by atoms with Gasteiger partial charge in [0.2, 0.25) is 4.80 Å². The van der Waals surface area contributed by atoms with E-state index in [0.717, 1.165) is 25.0 Å². The number of hydrogen-bond acceptors (Lipinski definition) is 5. The molecule has 5 nitrogen and oxygen atoms in total. The molecule has 8 heteroatoms. The fourth-order valence-electron chi connectivity index (χ4n) is 2.51. The molecule has 27 heavy (non-hydrogen) atoms. The van der Waals surface area contributed by atoms with Gasteiger partial charge < -0.3 is 10.2 Å². The van der Waals surface area contributed by atoms with Crippen LogP contribution in [0.4, 0.5) is 8.78 Å². The highest BCUT2D eigenvalue weighted by molar-refractivity contribution is 7.07. The van der Waals surface area contributed by atoms with Gasteiger partial charge in [0.25, 0.3) is 0 Å². The van der Waals surface area contributed by atoms with E-state index in [1.54, 1.807) is 11.4 Å². The Morgan fingerprint density at radius 2 is 1.93 bits per heavy atom. The molecule has 1 fully saturated rings. The standard InChI is InChI=1S/C19H15F2N3O2S/c20-12-2-1-11(16(21)7-12)9-22-24-17(10-27-19(24)23-13-3-4-13)15-6-5-14(25)8-18(15)26/h1-2,5-10,13,25-26H,3-4H2. The van der Waals surface area contributed by atoms with Gasteiger partial charge in [0.15, 0.2) is 0 Å². The van der Waals surface area contributed by atoms with Gasteiger partial charge in [0.1, 0.15) is 23.1 Å². The third-order valence-corrected chi connectivity index (χ3v) is 4.89. The first-order chi connectivity index (χ1) is 13.0. The quantitative estimate of drug-likeness (QED) is 0.668. The zero-order valence-electron chi connectivity index (χ0n) is 14.0. The minimum Gasteiger partial charge on any atom is -0.508 e. The molecule has 1 aromatic heterocycles. The number of halogens is 2. The Labute approximate surface area is 157 Å². The third kappa shape index (κ3) is 3.75. The van der Waals surface area contributed by atoms with Crippen molar-refractivity contribution in [2.75, 3.05) is 0 Å². The normalized spacial score (nSPS) is 15.0. The van der Waals surface area contributed by atoms with E-state index in [-0.39, 0.29) is 23.1 Å². The zero-order valence-corrected chi connectivity index (χ0v) is 14.8. The van der Waals surface area contributed by atoms with Crippen LogP contribution >= 0.6 is 11.3 Å². The molecular weight excluding hydrogens is 372 g/mol. The van der Waals surface area contributed by atoms with Crippen molar-refractivity contribution in [3.05, 3.63) is 63.8 Å². The number of thiazole rings is 1. The zero-order chi connectivity index (χ0) is 19.0. The molecule has 0 aliphatic heterocycles. The first-order valence-corrected chi connectivity index (χ1v) is 9.15. The number of phenols is 2. The summed E-state index contributed by atoms with van der Waals surface area (Å²) >= 11 is 1.35. The molecule has 0 radical (unpaired) electrons. The van der Waals surface area contributed by atoms with Gasteiger partial charge in [-0.25, -0.2) is 13.5 Å². The molecule has 2 aromatic carbocycles. The highest BCUT2D eigenvalue weighted by atomic mass is 32.1. The summed E-state index contributed by atoms with van der Waals surface area (Å²) in [6.45, 7) is 0. The SMILES string of the molecule is Oc1ccc(-c2csc(=NC3CC3)n2N=Cc2ccc(F)cc2F)c(O)c1. The van der Waals surface area contributed by atoms with Crippen LogP contribution in [0.15, 0.2) is 51.9 Å². The van der Waals surface area contributed by atoms with Gasteiger partial charge in [-0.2, -0.15) is 5.10 Å². The Kier molecular flexibility index (Phi) is 4.49. The van der Waals surface area contributed by atoms with Crippen LogP contribution < -0.4 is 4.80 Å². The second-order valence-corrected chi connectivity index (χ2v) is 7.02. The lowest BCUT2D eigenvalue weighted by Gasteiger charge is -2.06. The topological polar surface area (TPSA) is 70.1 Å². The van der Waals surface area contributed by atoms with E-state index in [9.17, 15) is 19.0 Å². The number of nitrogens with zero attached hydrogens (tertiary/aromatic N) is 3. The molecule has 4 rings (SSSR count). The Morgan fingerprint density at radius 1 is 1.11 bits per heavy atom. The van der Waals surface area contributed by atoms with Crippen LogP contribution in [0.3, 0.4) is 0 Å². The van der Waals surface area contributed by atoms with Crippen molar-refractivity contribution in [1.29, 1.82) is 0 Å². The second-order valence-electron chi connectivity index (χ2n) is 6.19. The molecular formula is C19H15F2N3O2S. The van der Waals surface area contributed by atoms with Gasteiger partial charge in [-0.05, 0) is 37.1 Å². The third-order valence-electron chi connectivity index (χ3n) is 4.06. The van der Waals surface area contributed by atoms with Gasteiger partial charge in [-0.15, -0.1) is 11.3 Å². The van der Waals surface area contributed by atoms with Crippen molar-refractivity contribution >= 4 is 17.6 Å². The minimum atomic E-state index is -0.718. The summed E-state index contributed by atoms with van der Waals surface area (Å²) in [5, 5.41) is 25.8. The molecule has 0 amide bonds. The van der Waals surface area contributed by atoms with Gasteiger partial charge in [0.05, 0.1) is 18.0 Å². The number of rotatable bonds is 4. The van der Waals surface area contributed by atoms with Crippen LogP contribution in [0.5, 0.6) is 11.5 Å². The maximum atomic E-state index is 13.9. The summed E-state index contributed by atoms with van der Waals surface area (Å²) < 4.78 is 28.5. The molecule has 0 spiro atoms. The molecule has 0 bridgehead atoms. The van der Waals surface area contributed by atoms with Crippen molar-refractivity contribution in [2.45, 2.75) is 18.9 Å². The predicted octanol–water partition coefficient (Wildman–Crippen LogP) is 3.85. The number of aromatic nitrogens is 1. The first-order valence-electron chi connectivity index (χ1n) is 8.27. The van der Waals surface area contributed by atoms with Crippen molar-refractivity contribution in [3.63, 3.8) is 0 Å². The summed E-state index contributed by atoms with van der Waals surface area (Å²) in [7, 11) is 0. The lowest BCUT2D eigenvalue weighted by atomic mass is 10.1. The molecule has 1 heterocycles. The van der Waals surface area contributed by atoms with Crippen LogP contribution in [0, 0.1) is 11.6 Å². The van der Waals surface area contributed by atoms with Gasteiger partial charge in [-0.1, -0.05) is 0 Å². The lowest BCUT2D eigenvalue weighted by Crippen LogP contribution is -2.13. The van der Waals surface area contributed by atoms with Crippen molar-refractivity contribution < 1.29 is 19.0 Å². The average molecular weight is 387 g/mol. The molecule has 0 saturated heterocycles. The monoisotopic (exact) mass is 387 g/mol. The number of benzene rings is 2. The summed E-state index contributed by atoms with van der Waals surface area (Å²) in [5.41, 5.74) is 1.14. The Hall–Kier alpha value is -3.00. The van der Waals surface area contributed by atoms with Gasteiger partial charge in [0, 0.05) is 28.6 Å². The lowest BCUT2D eigenvalue weighted by molar-refractivity contribution is 0.451. The van der Waals surface area contributed by atoms with Crippen LogP contribution in [0.2, 0.25) is 0 Å². The summed E-state index contributed by atoms with van der Waals surface area (Å²) in [6.07, 6.45) is 3.30. The predicted molar refractivity (Wildman–Crippen MR) is 99.0 cm³/mol. The van der Waals surface area contributed by atoms with E-state index in [1.807, 2.05) is 0 Å². The van der Waals surface area contributed by atoms with E-state index in [4.69, 9.17) is 0 Å². The molecule has 1 aliphatic rings. The Bertz CT molecular complexity index is 1100. The summed E-state index contributed by atoms with van der Waals surface area (Å²) in [6, 6.07) is 7.76. The van der Waals surface area contributed by atoms with E-state index in [1.165, 1.54) is 40.4 Å². The minimum absolute atomic E-state index is 0.0576. The molecule has 1 saturated carbocycles. The van der Waals surface area contributed by atoms with Crippen LogP contribution in [-0.4, -0.2) is 27.1 Å². The van der Waals surface area contributed by atoms with Crippen molar-refractivity contribution in [2.24, 2.45) is 10.1 Å². The van der Waals surface area contributed by atoms with E-state index in [2.05, 4.69) is 10.1 Å². The van der Waals surface area contributed by atoms with Crippen molar-refractivity contribution in [1.82, 2.24) is 4.68 Å². The number of hydrogen-bond donors (Lipinski definition) is 2. The molecule has 1 aliphatic carbocycles. The highest BCUT2D eigenvalue weighted by Gasteiger charge is 2.21. The van der Waals surface area contributed by atoms with E-state index >= 15 is 0 Å². The second kappa shape index (κ2) is 6.96. The molecule has 138 valence electrons. The largest absolute Gasteiger partial charge is 0.508 e. The first kappa shape index (κ1) is 17.4. The van der Waals surface area contributed by atoms with E-state index < -0.39 is 11.6 Å². The summed E-state index contributed by atoms with van der Waals surface area (Å²) in [5.74, 6) is -1.54. The smallest absolute Gasteiger partial charge is 0.206 e. The highest BCUT2D eigenvalue weighted by Crippen LogP contribution is 2.32.